The first kappa shape index (κ1) is 19.9. The van der Waals surface area contributed by atoms with Crippen molar-refractivity contribution in [2.45, 2.75) is 45.3 Å². The van der Waals surface area contributed by atoms with E-state index in [-0.39, 0.29) is 5.91 Å². The first-order valence-corrected chi connectivity index (χ1v) is 9.15. The van der Waals surface area contributed by atoms with Gasteiger partial charge in [-0.05, 0) is 51.3 Å². The predicted molar refractivity (Wildman–Crippen MR) is 99.9 cm³/mol. The van der Waals surface area contributed by atoms with Crippen LogP contribution in [0.3, 0.4) is 0 Å². The van der Waals surface area contributed by atoms with E-state index in [4.69, 9.17) is 4.74 Å². The molecule has 1 amide bonds. The molecule has 1 N–H and O–H groups in total. The summed E-state index contributed by atoms with van der Waals surface area (Å²) < 4.78 is 5.39. The number of carbonyl (C=O) groups is 1. The number of rotatable bonds is 7. The van der Waals surface area contributed by atoms with E-state index in [0.29, 0.717) is 24.6 Å². The monoisotopic (exact) mass is 348 g/mol. The van der Waals surface area contributed by atoms with E-state index in [1.165, 1.54) is 0 Å². The highest BCUT2D eigenvalue weighted by atomic mass is 16.5. The third-order valence-electron chi connectivity index (χ3n) is 4.75. The number of hydrogen-bond acceptors (Lipinski definition) is 4. The highest BCUT2D eigenvalue weighted by Gasteiger charge is 2.21. The van der Waals surface area contributed by atoms with Crippen LogP contribution in [-0.2, 0) is 11.2 Å². The van der Waals surface area contributed by atoms with Gasteiger partial charge in [-0.1, -0.05) is 12.1 Å². The van der Waals surface area contributed by atoms with Crippen molar-refractivity contribution < 1.29 is 14.6 Å². The van der Waals surface area contributed by atoms with Gasteiger partial charge in [0.05, 0.1) is 18.8 Å². The summed E-state index contributed by atoms with van der Waals surface area (Å²) in [5.74, 6) is 0.0465. The van der Waals surface area contributed by atoms with E-state index in [1.54, 1.807) is 4.90 Å². The van der Waals surface area contributed by atoms with E-state index in [2.05, 4.69) is 11.8 Å². The summed E-state index contributed by atoms with van der Waals surface area (Å²) in [6.45, 7) is 9.87. The Balaban J connectivity index is 1.94. The molecule has 140 valence electrons. The molecule has 1 heterocycles. The Morgan fingerprint density at radius 2 is 2.04 bits per heavy atom. The van der Waals surface area contributed by atoms with Crippen molar-refractivity contribution in [2.75, 3.05) is 39.9 Å². The van der Waals surface area contributed by atoms with Gasteiger partial charge in [0.25, 0.3) is 5.91 Å². The Morgan fingerprint density at radius 3 is 2.68 bits per heavy atom. The highest BCUT2D eigenvalue weighted by Crippen LogP contribution is 2.15. The van der Waals surface area contributed by atoms with Gasteiger partial charge in [-0.3, -0.25) is 9.69 Å². The van der Waals surface area contributed by atoms with Crippen LogP contribution in [0.15, 0.2) is 24.3 Å². The smallest absolute Gasteiger partial charge is 0.253 e. The number of aliphatic hydroxyl groups is 1. The summed E-state index contributed by atoms with van der Waals surface area (Å²) in [7, 11) is 1.86. The molecule has 1 saturated heterocycles. The minimum absolute atomic E-state index is 0.0465. The summed E-state index contributed by atoms with van der Waals surface area (Å²) in [6.07, 6.45) is 1.44. The topological polar surface area (TPSA) is 53.0 Å². The lowest BCUT2D eigenvalue weighted by Crippen LogP contribution is -2.47. The van der Waals surface area contributed by atoms with Crippen molar-refractivity contribution in [2.24, 2.45) is 0 Å². The van der Waals surface area contributed by atoms with Gasteiger partial charge in [-0.25, -0.2) is 0 Å². The minimum atomic E-state index is -0.690. The van der Waals surface area contributed by atoms with Gasteiger partial charge in [0.2, 0.25) is 0 Å². The number of amides is 1. The van der Waals surface area contributed by atoms with Gasteiger partial charge in [0, 0.05) is 38.3 Å². The Labute approximate surface area is 151 Å². The maximum Gasteiger partial charge on any atom is 0.253 e. The molecule has 0 saturated carbocycles. The zero-order valence-electron chi connectivity index (χ0n) is 16.0. The van der Waals surface area contributed by atoms with Gasteiger partial charge < -0.3 is 14.7 Å². The van der Waals surface area contributed by atoms with Crippen LogP contribution in [0.25, 0.3) is 0 Å². The van der Waals surface area contributed by atoms with Crippen LogP contribution in [0.4, 0.5) is 0 Å². The lowest BCUT2D eigenvalue weighted by Gasteiger charge is -2.34. The van der Waals surface area contributed by atoms with Gasteiger partial charge >= 0.3 is 0 Å². The first-order chi connectivity index (χ1) is 11.8. The average Bonchev–Trinajstić information content (AvgIpc) is 2.59. The van der Waals surface area contributed by atoms with E-state index < -0.39 is 5.60 Å². The molecule has 25 heavy (non-hydrogen) atoms. The molecular weight excluding hydrogens is 316 g/mol. The average molecular weight is 348 g/mol. The summed E-state index contributed by atoms with van der Waals surface area (Å²) in [5.41, 5.74) is 1.11. The molecule has 0 aromatic heterocycles. The number of morpholine rings is 1. The van der Waals surface area contributed by atoms with Gasteiger partial charge in [-0.2, -0.15) is 0 Å². The number of aryl methyl sites for hydroxylation is 1. The van der Waals surface area contributed by atoms with Crippen LogP contribution in [-0.4, -0.2) is 72.4 Å². The summed E-state index contributed by atoms with van der Waals surface area (Å²) in [6, 6.07) is 8.07. The van der Waals surface area contributed by atoms with Crippen LogP contribution in [0.2, 0.25) is 0 Å². The Bertz CT molecular complexity index is 562. The first-order valence-electron chi connectivity index (χ1n) is 9.15. The fourth-order valence-electron chi connectivity index (χ4n) is 3.14. The molecule has 2 rings (SSSR count). The van der Waals surface area contributed by atoms with E-state index in [1.807, 2.05) is 45.2 Å². The summed E-state index contributed by atoms with van der Waals surface area (Å²) >= 11 is 0. The molecular formula is C20H32N2O3. The number of hydrogen-bond donors (Lipinski definition) is 1. The number of benzene rings is 1. The molecule has 0 radical (unpaired) electrons. The zero-order chi connectivity index (χ0) is 18.4. The number of nitrogens with zero attached hydrogens (tertiary/aromatic N) is 2. The maximum atomic E-state index is 12.7. The van der Waals surface area contributed by atoms with E-state index in [0.717, 1.165) is 38.3 Å². The van der Waals surface area contributed by atoms with E-state index >= 15 is 0 Å². The minimum Gasteiger partial charge on any atom is -0.390 e. The van der Waals surface area contributed by atoms with Gasteiger partial charge in [-0.15, -0.1) is 0 Å². The Hall–Kier alpha value is -1.43. The molecule has 5 nitrogen and oxygen atoms in total. The molecule has 1 aliphatic heterocycles. The Morgan fingerprint density at radius 1 is 1.36 bits per heavy atom. The molecule has 1 atom stereocenters. The van der Waals surface area contributed by atoms with Crippen LogP contribution in [0.5, 0.6) is 0 Å². The molecule has 1 aliphatic rings. The second-order valence-corrected chi connectivity index (χ2v) is 7.70. The molecule has 1 unspecified atom stereocenters. The van der Waals surface area contributed by atoms with Crippen molar-refractivity contribution in [3.63, 3.8) is 0 Å². The third-order valence-corrected chi connectivity index (χ3v) is 4.75. The number of likely N-dealkylation sites (N-methyl/N-ethyl adjacent to an activating group) is 1. The van der Waals surface area contributed by atoms with Crippen LogP contribution in [0.1, 0.15) is 43.1 Å². The lowest BCUT2D eigenvalue weighted by molar-refractivity contribution is 0.0142. The second-order valence-electron chi connectivity index (χ2n) is 7.70. The molecule has 5 heteroatoms. The van der Waals surface area contributed by atoms with E-state index in [9.17, 15) is 9.90 Å². The van der Waals surface area contributed by atoms with Crippen molar-refractivity contribution in [1.82, 2.24) is 9.80 Å². The molecule has 0 aliphatic carbocycles. The van der Waals surface area contributed by atoms with Gasteiger partial charge in [0.1, 0.15) is 0 Å². The van der Waals surface area contributed by atoms with Gasteiger partial charge in [0.15, 0.2) is 0 Å². The predicted octanol–water partition coefficient (Wildman–Crippen LogP) is 2.18. The van der Waals surface area contributed by atoms with Crippen molar-refractivity contribution in [1.29, 1.82) is 0 Å². The Kier molecular flexibility index (Phi) is 6.99. The molecule has 0 spiro atoms. The van der Waals surface area contributed by atoms with Crippen molar-refractivity contribution in [3.05, 3.63) is 35.4 Å². The SMILES string of the molecule is CC(CN(C)C(=O)c1cccc(CCC(C)(C)O)c1)N1CCOCC1. The maximum absolute atomic E-state index is 12.7. The fraction of sp³-hybridized carbons (Fsp3) is 0.650. The largest absolute Gasteiger partial charge is 0.390 e. The molecule has 0 bridgehead atoms. The fourth-order valence-corrected chi connectivity index (χ4v) is 3.14. The van der Waals surface area contributed by atoms with Crippen molar-refractivity contribution >= 4 is 5.91 Å². The van der Waals surface area contributed by atoms with Crippen molar-refractivity contribution in [3.8, 4) is 0 Å². The molecule has 1 fully saturated rings. The normalized spacial score (nSPS) is 17.3. The van der Waals surface area contributed by atoms with Crippen LogP contribution < -0.4 is 0 Å². The highest BCUT2D eigenvalue weighted by molar-refractivity contribution is 5.94. The lowest BCUT2D eigenvalue weighted by atomic mass is 9.98. The zero-order valence-corrected chi connectivity index (χ0v) is 16.0. The summed E-state index contributed by atoms with van der Waals surface area (Å²) in [5, 5.41) is 9.88. The molecule has 1 aromatic rings. The standard InChI is InChI=1S/C20H32N2O3/c1-16(22-10-12-25-13-11-22)15-21(4)19(23)18-7-5-6-17(14-18)8-9-20(2,3)24/h5-7,14,16,24H,8-13,15H2,1-4H3. The van der Waals surface area contributed by atoms with Crippen LogP contribution in [0, 0.1) is 0 Å². The quantitative estimate of drug-likeness (QED) is 0.821. The second kappa shape index (κ2) is 8.79. The third kappa shape index (κ3) is 6.42. The number of carbonyl (C=O) groups excluding carboxylic acids is 1. The summed E-state index contributed by atoms with van der Waals surface area (Å²) in [4.78, 5) is 16.9. The molecule has 1 aromatic carbocycles. The number of ether oxygens (including phenoxy) is 1. The van der Waals surface area contributed by atoms with Crippen LogP contribution >= 0.6 is 0 Å².